The van der Waals surface area contributed by atoms with Crippen LogP contribution in [0.1, 0.15) is 51.7 Å². The predicted octanol–water partition coefficient (Wildman–Crippen LogP) is 2.86. The number of hydrogen-bond donors (Lipinski definition) is 1. The van der Waals surface area contributed by atoms with Crippen LogP contribution in [0.25, 0.3) is 0 Å². The van der Waals surface area contributed by atoms with Gasteiger partial charge in [-0.05, 0) is 46.1 Å². The van der Waals surface area contributed by atoms with Crippen molar-refractivity contribution < 1.29 is 14.6 Å². The van der Waals surface area contributed by atoms with Crippen LogP contribution in [-0.4, -0.2) is 28.4 Å². The molecule has 1 aromatic rings. The van der Waals surface area contributed by atoms with Crippen LogP contribution in [0.2, 0.25) is 0 Å². The summed E-state index contributed by atoms with van der Waals surface area (Å²) in [6, 6.07) is 1.85. The number of nitrogens with zero attached hydrogens (tertiary/aromatic N) is 1. The number of rotatable bonds is 4. The van der Waals surface area contributed by atoms with E-state index in [2.05, 4.69) is 4.98 Å². The van der Waals surface area contributed by atoms with Gasteiger partial charge in [-0.1, -0.05) is 0 Å². The smallest absolute Gasteiger partial charge is 0.138 e. The lowest BCUT2D eigenvalue weighted by atomic mass is 9.87. The summed E-state index contributed by atoms with van der Waals surface area (Å²) in [5.74, 6) is 0.686. The van der Waals surface area contributed by atoms with Crippen molar-refractivity contribution in [1.29, 1.82) is 0 Å². The van der Waals surface area contributed by atoms with Gasteiger partial charge in [-0.2, -0.15) is 0 Å². The molecule has 0 aliphatic carbocycles. The SMILES string of the molecule is CC(C)Oc1cncc(C(O)C2(C)CCCCO2)c1. The maximum absolute atomic E-state index is 10.5. The van der Waals surface area contributed by atoms with E-state index < -0.39 is 11.7 Å². The monoisotopic (exact) mass is 265 g/mol. The van der Waals surface area contributed by atoms with Gasteiger partial charge in [0.25, 0.3) is 0 Å². The van der Waals surface area contributed by atoms with Crippen molar-refractivity contribution in [3.63, 3.8) is 0 Å². The lowest BCUT2D eigenvalue weighted by Gasteiger charge is -2.38. The Morgan fingerprint density at radius 2 is 2.16 bits per heavy atom. The zero-order chi connectivity index (χ0) is 13.9. The number of aromatic nitrogens is 1. The van der Waals surface area contributed by atoms with E-state index in [1.165, 1.54) is 0 Å². The second-order valence-electron chi connectivity index (χ2n) is 5.64. The fraction of sp³-hybridized carbons (Fsp3) is 0.667. The molecule has 0 spiro atoms. The summed E-state index contributed by atoms with van der Waals surface area (Å²) in [7, 11) is 0. The number of aliphatic hydroxyl groups excluding tert-OH is 1. The highest BCUT2D eigenvalue weighted by Crippen LogP contribution is 2.37. The molecule has 19 heavy (non-hydrogen) atoms. The molecule has 2 heterocycles. The molecule has 2 rings (SSSR count). The molecule has 1 saturated heterocycles. The van der Waals surface area contributed by atoms with Crippen LogP contribution in [0, 0.1) is 0 Å². The van der Waals surface area contributed by atoms with Crippen molar-refractivity contribution >= 4 is 0 Å². The molecule has 1 N–H and O–H groups in total. The van der Waals surface area contributed by atoms with Crippen LogP contribution in [0.4, 0.5) is 0 Å². The third-order valence-electron chi connectivity index (χ3n) is 3.50. The van der Waals surface area contributed by atoms with Crippen molar-refractivity contribution in [3.05, 3.63) is 24.0 Å². The second kappa shape index (κ2) is 5.88. The zero-order valence-electron chi connectivity index (χ0n) is 11.9. The van der Waals surface area contributed by atoms with Crippen LogP contribution in [0.15, 0.2) is 18.5 Å². The minimum absolute atomic E-state index is 0.0933. The first kappa shape index (κ1) is 14.3. The van der Waals surface area contributed by atoms with Gasteiger partial charge >= 0.3 is 0 Å². The Kier molecular flexibility index (Phi) is 4.42. The van der Waals surface area contributed by atoms with E-state index >= 15 is 0 Å². The Morgan fingerprint density at radius 3 is 2.79 bits per heavy atom. The standard InChI is InChI=1S/C15H23NO3/c1-11(2)19-13-8-12(9-16-10-13)14(17)15(3)6-4-5-7-18-15/h8-11,14,17H,4-7H2,1-3H3. The summed E-state index contributed by atoms with van der Waals surface area (Å²) in [6.07, 6.45) is 5.79. The van der Waals surface area contributed by atoms with E-state index in [1.807, 2.05) is 26.8 Å². The van der Waals surface area contributed by atoms with E-state index in [-0.39, 0.29) is 6.10 Å². The highest BCUT2D eigenvalue weighted by Gasteiger charge is 2.37. The van der Waals surface area contributed by atoms with Crippen molar-refractivity contribution in [2.75, 3.05) is 6.61 Å². The maximum atomic E-state index is 10.5. The van der Waals surface area contributed by atoms with E-state index in [0.29, 0.717) is 12.4 Å². The van der Waals surface area contributed by atoms with Gasteiger partial charge in [0.2, 0.25) is 0 Å². The van der Waals surface area contributed by atoms with Gasteiger partial charge in [0.05, 0.1) is 17.9 Å². The van der Waals surface area contributed by atoms with E-state index in [4.69, 9.17) is 9.47 Å². The molecule has 1 aromatic heterocycles. The Hall–Kier alpha value is -1.13. The van der Waals surface area contributed by atoms with Crippen molar-refractivity contribution in [2.45, 2.75) is 57.8 Å². The van der Waals surface area contributed by atoms with Crippen LogP contribution < -0.4 is 4.74 Å². The first-order valence-corrected chi connectivity index (χ1v) is 6.95. The summed E-state index contributed by atoms with van der Waals surface area (Å²) in [5, 5.41) is 10.5. The topological polar surface area (TPSA) is 51.6 Å². The summed E-state index contributed by atoms with van der Waals surface area (Å²) in [6.45, 7) is 6.61. The van der Waals surface area contributed by atoms with E-state index in [9.17, 15) is 5.11 Å². The van der Waals surface area contributed by atoms with Gasteiger partial charge in [-0.25, -0.2) is 0 Å². The Balaban J connectivity index is 2.16. The lowest BCUT2D eigenvalue weighted by molar-refractivity contribution is -0.138. The first-order chi connectivity index (χ1) is 9.01. The summed E-state index contributed by atoms with van der Waals surface area (Å²) in [5.41, 5.74) is 0.235. The normalized spacial score (nSPS) is 25.3. The largest absolute Gasteiger partial charge is 0.489 e. The maximum Gasteiger partial charge on any atom is 0.138 e. The lowest BCUT2D eigenvalue weighted by Crippen LogP contribution is -2.39. The fourth-order valence-corrected chi connectivity index (χ4v) is 2.45. The molecule has 0 amide bonds. The summed E-state index contributed by atoms with van der Waals surface area (Å²) in [4.78, 5) is 4.14. The molecule has 0 aromatic carbocycles. The van der Waals surface area contributed by atoms with Gasteiger partial charge in [-0.15, -0.1) is 0 Å². The molecule has 2 atom stereocenters. The molecule has 2 unspecified atom stereocenters. The molecule has 0 saturated carbocycles. The van der Waals surface area contributed by atoms with Gasteiger partial charge < -0.3 is 14.6 Å². The molecule has 0 radical (unpaired) electrons. The minimum atomic E-state index is -0.670. The molecule has 4 nitrogen and oxygen atoms in total. The molecule has 1 aliphatic heterocycles. The first-order valence-electron chi connectivity index (χ1n) is 6.95. The van der Waals surface area contributed by atoms with E-state index in [0.717, 1.165) is 24.8 Å². The average molecular weight is 265 g/mol. The molecule has 106 valence electrons. The number of hydrogen-bond acceptors (Lipinski definition) is 4. The number of aliphatic hydroxyl groups is 1. The number of ether oxygens (including phenoxy) is 2. The van der Waals surface area contributed by atoms with Crippen LogP contribution in [-0.2, 0) is 4.74 Å². The zero-order valence-corrected chi connectivity index (χ0v) is 11.9. The molecule has 4 heteroatoms. The van der Waals surface area contributed by atoms with E-state index in [1.54, 1.807) is 12.4 Å². The highest BCUT2D eigenvalue weighted by molar-refractivity contribution is 5.27. The van der Waals surface area contributed by atoms with Gasteiger partial charge in [-0.3, -0.25) is 4.98 Å². The van der Waals surface area contributed by atoms with Crippen LogP contribution in [0.5, 0.6) is 5.75 Å². The molecule has 0 bridgehead atoms. The predicted molar refractivity (Wildman–Crippen MR) is 73.2 cm³/mol. The molecule has 1 fully saturated rings. The van der Waals surface area contributed by atoms with Crippen molar-refractivity contribution in [2.24, 2.45) is 0 Å². The molecular formula is C15H23NO3. The van der Waals surface area contributed by atoms with Crippen molar-refractivity contribution in [3.8, 4) is 5.75 Å². The van der Waals surface area contributed by atoms with Gasteiger partial charge in [0, 0.05) is 18.4 Å². The molecule has 1 aliphatic rings. The Labute approximate surface area is 114 Å². The Bertz CT molecular complexity index is 414. The fourth-order valence-electron chi connectivity index (χ4n) is 2.45. The third kappa shape index (κ3) is 3.45. The second-order valence-corrected chi connectivity index (χ2v) is 5.64. The third-order valence-corrected chi connectivity index (χ3v) is 3.50. The average Bonchev–Trinajstić information content (AvgIpc) is 2.38. The quantitative estimate of drug-likeness (QED) is 0.909. The molecular weight excluding hydrogens is 242 g/mol. The summed E-state index contributed by atoms with van der Waals surface area (Å²) < 4.78 is 11.4. The Morgan fingerprint density at radius 1 is 1.37 bits per heavy atom. The summed E-state index contributed by atoms with van der Waals surface area (Å²) >= 11 is 0. The minimum Gasteiger partial charge on any atom is -0.489 e. The van der Waals surface area contributed by atoms with Gasteiger partial charge in [0.1, 0.15) is 11.9 Å². The van der Waals surface area contributed by atoms with Crippen LogP contribution in [0.3, 0.4) is 0 Å². The van der Waals surface area contributed by atoms with Gasteiger partial charge in [0.15, 0.2) is 0 Å². The van der Waals surface area contributed by atoms with Crippen LogP contribution >= 0.6 is 0 Å². The van der Waals surface area contributed by atoms with Crippen molar-refractivity contribution in [1.82, 2.24) is 4.98 Å². The highest BCUT2D eigenvalue weighted by atomic mass is 16.5. The number of pyridine rings is 1.